The van der Waals surface area contributed by atoms with Gasteiger partial charge in [-0.05, 0) is 44.9 Å². The summed E-state index contributed by atoms with van der Waals surface area (Å²) in [5, 5.41) is 2.71. The summed E-state index contributed by atoms with van der Waals surface area (Å²) in [6.07, 6.45) is 0.200. The topological polar surface area (TPSA) is 102 Å². The van der Waals surface area contributed by atoms with E-state index in [9.17, 15) is 9.59 Å². The van der Waals surface area contributed by atoms with Gasteiger partial charge < -0.3 is 33.7 Å². The summed E-state index contributed by atoms with van der Waals surface area (Å²) < 4.78 is 29.5. The number of benzene rings is 1. The van der Waals surface area contributed by atoms with E-state index in [-0.39, 0.29) is 12.6 Å². The van der Waals surface area contributed by atoms with Crippen LogP contribution in [0.1, 0.15) is 26.3 Å². The number of ether oxygens (including phenoxy) is 6. The van der Waals surface area contributed by atoms with E-state index in [0.29, 0.717) is 20.0 Å². The zero-order chi connectivity index (χ0) is 20.8. The van der Waals surface area contributed by atoms with Gasteiger partial charge in [0, 0.05) is 19.8 Å². The highest BCUT2D eigenvalue weighted by Crippen LogP contribution is 2.32. The first-order chi connectivity index (χ1) is 13.5. The van der Waals surface area contributed by atoms with Crippen LogP contribution in [0.4, 0.5) is 4.79 Å². The van der Waals surface area contributed by atoms with Crippen LogP contribution in [0.25, 0.3) is 0 Å². The Hall–Kier alpha value is -2.52. The lowest BCUT2D eigenvalue weighted by Crippen LogP contribution is -2.26. The van der Waals surface area contributed by atoms with Gasteiger partial charge in [-0.1, -0.05) is 6.07 Å². The predicted octanol–water partition coefficient (Wildman–Crippen LogP) is 2.26. The molecule has 1 aromatic carbocycles. The van der Waals surface area contributed by atoms with Crippen molar-refractivity contribution in [2.24, 2.45) is 0 Å². The van der Waals surface area contributed by atoms with Gasteiger partial charge in [-0.25, -0.2) is 4.79 Å². The van der Waals surface area contributed by atoms with Crippen molar-refractivity contribution < 1.29 is 38.0 Å². The van der Waals surface area contributed by atoms with Gasteiger partial charge in [-0.2, -0.15) is 0 Å². The van der Waals surface area contributed by atoms with Gasteiger partial charge in [-0.15, -0.1) is 0 Å². The fraction of sp³-hybridized carbons (Fsp3) is 0.579. The van der Waals surface area contributed by atoms with Crippen molar-refractivity contribution in [1.82, 2.24) is 5.32 Å². The smallest absolute Gasteiger partial charge is 0.454 e. The maximum Gasteiger partial charge on any atom is 0.510 e. The van der Waals surface area contributed by atoms with E-state index in [2.05, 4.69) is 14.8 Å². The van der Waals surface area contributed by atoms with Crippen LogP contribution < -0.4 is 14.8 Å². The van der Waals surface area contributed by atoms with E-state index in [1.807, 2.05) is 32.0 Å². The first kappa shape index (κ1) is 23.5. The number of carbonyl (C=O) groups excluding carboxylic acids is 2. The summed E-state index contributed by atoms with van der Waals surface area (Å²) in [6.45, 7) is 6.73. The molecule has 0 saturated carbocycles. The summed E-state index contributed by atoms with van der Waals surface area (Å²) >= 11 is 0. The van der Waals surface area contributed by atoms with Crippen molar-refractivity contribution in [1.29, 1.82) is 0 Å². The number of fused-ring (bicyclic) bond motifs is 1. The van der Waals surface area contributed by atoms with Crippen LogP contribution in [-0.2, 0) is 30.2 Å². The Bertz CT molecular complexity index is 595. The second-order valence-corrected chi connectivity index (χ2v) is 5.81. The standard InChI is InChI=1S/C11H13NO3.C8H16O5/c1-8(12-6-13)4-9-2-3-10-11(5-9)15-7-14-10;1-4-11-7(2)13-8(9)12-6-5-10-3/h2-3,5-6,8H,4,7H2,1H3,(H,12,13);7H,4-6H2,1-3H3. The third kappa shape index (κ3) is 9.43. The van der Waals surface area contributed by atoms with E-state index < -0.39 is 12.4 Å². The second-order valence-electron chi connectivity index (χ2n) is 5.81. The molecule has 0 bridgehead atoms. The molecule has 0 spiro atoms. The first-order valence-corrected chi connectivity index (χ1v) is 9.02. The van der Waals surface area contributed by atoms with Crippen molar-refractivity contribution in [3.63, 3.8) is 0 Å². The number of hydrogen-bond donors (Lipinski definition) is 1. The maximum atomic E-state index is 10.8. The molecule has 28 heavy (non-hydrogen) atoms. The summed E-state index contributed by atoms with van der Waals surface area (Å²) in [5.74, 6) is 1.57. The predicted molar refractivity (Wildman–Crippen MR) is 100 cm³/mol. The first-order valence-electron chi connectivity index (χ1n) is 9.02. The van der Waals surface area contributed by atoms with Crippen molar-refractivity contribution in [2.45, 2.75) is 39.5 Å². The molecular weight excluding hydrogens is 370 g/mol. The lowest BCUT2D eigenvalue weighted by Gasteiger charge is -2.12. The fourth-order valence-electron chi connectivity index (χ4n) is 2.24. The molecule has 1 aliphatic rings. The normalized spacial score (nSPS) is 13.6. The molecular formula is C19H29NO8. The van der Waals surface area contributed by atoms with Crippen LogP contribution in [0.15, 0.2) is 18.2 Å². The number of amides is 1. The highest BCUT2D eigenvalue weighted by Gasteiger charge is 2.14. The minimum Gasteiger partial charge on any atom is -0.454 e. The SMILES string of the molecule is CC(Cc1ccc2c(c1)OCO2)NC=O.CCOC(C)OC(=O)OCCOC. The van der Waals surface area contributed by atoms with Crippen molar-refractivity contribution >= 4 is 12.6 Å². The van der Waals surface area contributed by atoms with Crippen molar-refractivity contribution in [3.8, 4) is 11.5 Å². The molecule has 0 radical (unpaired) electrons. The van der Waals surface area contributed by atoms with Gasteiger partial charge in [0.1, 0.15) is 6.61 Å². The van der Waals surface area contributed by atoms with Crippen LogP contribution in [-0.4, -0.2) is 58.6 Å². The molecule has 1 amide bonds. The lowest BCUT2D eigenvalue weighted by atomic mass is 10.1. The van der Waals surface area contributed by atoms with E-state index in [0.717, 1.165) is 29.9 Å². The van der Waals surface area contributed by atoms with Gasteiger partial charge >= 0.3 is 6.16 Å². The Labute approximate surface area is 165 Å². The Morgan fingerprint density at radius 3 is 2.68 bits per heavy atom. The molecule has 9 heteroatoms. The van der Waals surface area contributed by atoms with Gasteiger partial charge in [0.25, 0.3) is 0 Å². The molecule has 0 fully saturated rings. The highest BCUT2D eigenvalue weighted by atomic mass is 16.8. The zero-order valence-electron chi connectivity index (χ0n) is 16.8. The number of methoxy groups -OCH3 is 1. The Kier molecular flexibility index (Phi) is 11.4. The quantitative estimate of drug-likeness (QED) is 0.277. The molecule has 1 aromatic rings. The molecule has 2 unspecified atom stereocenters. The van der Waals surface area contributed by atoms with E-state index >= 15 is 0 Å². The van der Waals surface area contributed by atoms with E-state index in [1.165, 1.54) is 7.11 Å². The molecule has 0 aliphatic carbocycles. The third-order valence-electron chi connectivity index (χ3n) is 3.50. The maximum absolute atomic E-state index is 10.8. The Morgan fingerprint density at radius 1 is 1.25 bits per heavy atom. The number of nitrogens with one attached hydrogen (secondary N) is 1. The number of carbonyl (C=O) groups is 2. The number of rotatable bonds is 10. The Morgan fingerprint density at radius 2 is 2.00 bits per heavy atom. The summed E-state index contributed by atoms with van der Waals surface area (Å²) in [4.78, 5) is 21.1. The Balaban J connectivity index is 0.000000284. The number of hydrogen-bond acceptors (Lipinski definition) is 8. The molecule has 1 N–H and O–H groups in total. The molecule has 0 saturated heterocycles. The van der Waals surface area contributed by atoms with Crippen molar-refractivity contribution in [3.05, 3.63) is 23.8 Å². The lowest BCUT2D eigenvalue weighted by molar-refractivity contribution is -0.110. The van der Waals surface area contributed by atoms with Crippen LogP contribution in [0, 0.1) is 0 Å². The van der Waals surface area contributed by atoms with Gasteiger partial charge in [0.15, 0.2) is 11.5 Å². The largest absolute Gasteiger partial charge is 0.510 e. The highest BCUT2D eigenvalue weighted by molar-refractivity contribution is 5.59. The van der Waals surface area contributed by atoms with Crippen LogP contribution in [0.3, 0.4) is 0 Å². The molecule has 1 aliphatic heterocycles. The molecule has 0 aromatic heterocycles. The molecule has 9 nitrogen and oxygen atoms in total. The van der Waals surface area contributed by atoms with Crippen molar-refractivity contribution in [2.75, 3.05) is 33.7 Å². The molecule has 158 valence electrons. The monoisotopic (exact) mass is 399 g/mol. The fourth-order valence-corrected chi connectivity index (χ4v) is 2.24. The third-order valence-corrected chi connectivity index (χ3v) is 3.50. The van der Waals surface area contributed by atoms with Gasteiger partial charge in [0.2, 0.25) is 19.5 Å². The van der Waals surface area contributed by atoms with E-state index in [1.54, 1.807) is 6.92 Å². The molecule has 1 heterocycles. The van der Waals surface area contributed by atoms with E-state index in [4.69, 9.17) is 18.9 Å². The van der Waals surface area contributed by atoms with Crippen LogP contribution in [0.5, 0.6) is 11.5 Å². The summed E-state index contributed by atoms with van der Waals surface area (Å²) in [7, 11) is 1.53. The minimum atomic E-state index is -0.738. The summed E-state index contributed by atoms with van der Waals surface area (Å²) in [6, 6.07) is 5.95. The van der Waals surface area contributed by atoms with Crippen LogP contribution >= 0.6 is 0 Å². The van der Waals surface area contributed by atoms with Gasteiger partial charge in [0.05, 0.1) is 6.61 Å². The minimum absolute atomic E-state index is 0.128. The average Bonchev–Trinajstić information content (AvgIpc) is 3.10. The average molecular weight is 399 g/mol. The molecule has 2 atom stereocenters. The second kappa shape index (κ2) is 13.6. The van der Waals surface area contributed by atoms with Crippen LogP contribution in [0.2, 0.25) is 0 Å². The van der Waals surface area contributed by atoms with Gasteiger partial charge in [-0.3, -0.25) is 4.79 Å². The zero-order valence-corrected chi connectivity index (χ0v) is 16.8. The summed E-state index contributed by atoms with van der Waals surface area (Å²) in [5.41, 5.74) is 1.13. The molecule has 2 rings (SSSR count).